The Kier molecular flexibility index (Phi) is 4.90. The molecule has 2 aromatic heterocycles. The van der Waals surface area contributed by atoms with Gasteiger partial charge in [-0.1, -0.05) is 42.5 Å². The van der Waals surface area contributed by atoms with Crippen molar-refractivity contribution < 1.29 is 4.57 Å². The molecular formula is C29H28N3+. The van der Waals surface area contributed by atoms with Gasteiger partial charge in [0.25, 0.3) is 5.82 Å². The number of fused-ring (bicyclic) bond motifs is 1. The van der Waals surface area contributed by atoms with E-state index in [0.29, 0.717) is 0 Å². The number of benzene rings is 3. The van der Waals surface area contributed by atoms with E-state index in [1.54, 1.807) is 0 Å². The SMILES string of the molecule is Cc1ccncc1-c1n(C)c2cccc(C)c2[n+]1-c1c(C)cc(-c2ccccc2)cc1C. The summed E-state index contributed by atoms with van der Waals surface area (Å²) in [5.74, 6) is 1.15. The van der Waals surface area contributed by atoms with Crippen LogP contribution in [0, 0.1) is 27.7 Å². The predicted octanol–water partition coefficient (Wildman–Crippen LogP) is 6.42. The van der Waals surface area contributed by atoms with Crippen LogP contribution in [0.25, 0.3) is 39.2 Å². The maximum atomic E-state index is 4.46. The van der Waals surface area contributed by atoms with E-state index >= 15 is 0 Å². The molecule has 5 rings (SSSR count). The number of hydrogen-bond acceptors (Lipinski definition) is 1. The van der Waals surface area contributed by atoms with Gasteiger partial charge in [-0.2, -0.15) is 4.57 Å². The number of nitrogens with zero attached hydrogens (tertiary/aromatic N) is 3. The smallest absolute Gasteiger partial charge is 0.264 e. The Morgan fingerprint density at radius 2 is 1.44 bits per heavy atom. The second-order valence-electron chi connectivity index (χ2n) is 8.68. The van der Waals surface area contributed by atoms with E-state index in [9.17, 15) is 0 Å². The maximum Gasteiger partial charge on any atom is 0.296 e. The Morgan fingerprint density at radius 3 is 2.12 bits per heavy atom. The largest absolute Gasteiger partial charge is 0.296 e. The van der Waals surface area contributed by atoms with Gasteiger partial charge in [0.1, 0.15) is 5.69 Å². The van der Waals surface area contributed by atoms with Crippen molar-refractivity contribution in [1.29, 1.82) is 0 Å². The van der Waals surface area contributed by atoms with Crippen molar-refractivity contribution in [2.24, 2.45) is 7.05 Å². The number of aryl methyl sites for hydroxylation is 5. The maximum absolute atomic E-state index is 4.46. The summed E-state index contributed by atoms with van der Waals surface area (Å²) in [5, 5.41) is 0. The van der Waals surface area contributed by atoms with Crippen molar-refractivity contribution in [2.75, 3.05) is 0 Å². The first-order chi connectivity index (χ1) is 15.5. The van der Waals surface area contributed by atoms with Crippen molar-refractivity contribution in [3.8, 4) is 28.2 Å². The van der Waals surface area contributed by atoms with Gasteiger partial charge in [0.05, 0.1) is 12.6 Å². The van der Waals surface area contributed by atoms with Crippen LogP contribution in [-0.4, -0.2) is 9.55 Å². The van der Waals surface area contributed by atoms with E-state index in [1.165, 1.54) is 50.1 Å². The summed E-state index contributed by atoms with van der Waals surface area (Å²) in [6.45, 7) is 8.79. The van der Waals surface area contributed by atoms with Crippen LogP contribution >= 0.6 is 0 Å². The molecule has 32 heavy (non-hydrogen) atoms. The number of para-hydroxylation sites is 1. The second kappa shape index (κ2) is 7.76. The van der Waals surface area contributed by atoms with Crippen LogP contribution in [0.15, 0.2) is 79.1 Å². The zero-order valence-electron chi connectivity index (χ0n) is 19.3. The van der Waals surface area contributed by atoms with Gasteiger partial charge in [0.15, 0.2) is 11.0 Å². The van der Waals surface area contributed by atoms with Gasteiger partial charge >= 0.3 is 0 Å². The molecule has 0 bridgehead atoms. The van der Waals surface area contributed by atoms with Crippen LogP contribution in [0.1, 0.15) is 22.3 Å². The normalized spacial score (nSPS) is 11.3. The van der Waals surface area contributed by atoms with Crippen molar-refractivity contribution in [3.05, 3.63) is 101 Å². The Morgan fingerprint density at radius 1 is 0.719 bits per heavy atom. The van der Waals surface area contributed by atoms with Crippen LogP contribution < -0.4 is 4.57 Å². The lowest BCUT2D eigenvalue weighted by Crippen LogP contribution is -2.35. The third-order valence-electron chi connectivity index (χ3n) is 6.43. The molecule has 0 spiro atoms. The Labute approximate surface area is 189 Å². The molecule has 0 aliphatic carbocycles. The molecule has 5 aromatic rings. The van der Waals surface area contributed by atoms with Crippen LogP contribution in [-0.2, 0) is 7.05 Å². The Balaban J connectivity index is 1.88. The van der Waals surface area contributed by atoms with E-state index in [4.69, 9.17) is 0 Å². The predicted molar refractivity (Wildman–Crippen MR) is 132 cm³/mol. The third kappa shape index (κ3) is 3.13. The van der Waals surface area contributed by atoms with Gasteiger partial charge in [-0.3, -0.25) is 4.98 Å². The average Bonchev–Trinajstić information content (AvgIpc) is 3.07. The van der Waals surface area contributed by atoms with Crippen molar-refractivity contribution in [3.63, 3.8) is 0 Å². The number of pyridine rings is 1. The Hall–Kier alpha value is -3.72. The summed E-state index contributed by atoms with van der Waals surface area (Å²) < 4.78 is 4.74. The highest BCUT2D eigenvalue weighted by molar-refractivity contribution is 5.80. The molecule has 0 N–H and O–H groups in total. The fourth-order valence-electron chi connectivity index (χ4n) is 4.90. The molecule has 0 atom stereocenters. The van der Waals surface area contributed by atoms with Crippen LogP contribution in [0.4, 0.5) is 0 Å². The molecule has 0 fully saturated rings. The van der Waals surface area contributed by atoms with E-state index in [2.05, 4.69) is 116 Å². The molecule has 158 valence electrons. The quantitative estimate of drug-likeness (QED) is 0.310. The molecule has 0 radical (unpaired) electrons. The van der Waals surface area contributed by atoms with E-state index in [0.717, 1.165) is 11.4 Å². The molecule has 0 unspecified atom stereocenters. The number of imidazole rings is 1. The highest BCUT2D eigenvalue weighted by Crippen LogP contribution is 2.31. The molecule has 3 aromatic carbocycles. The van der Waals surface area contributed by atoms with Crippen LogP contribution in [0.3, 0.4) is 0 Å². The van der Waals surface area contributed by atoms with Gasteiger partial charge in [-0.25, -0.2) is 4.57 Å². The number of hydrogen-bond donors (Lipinski definition) is 0. The van der Waals surface area contributed by atoms with E-state index in [-0.39, 0.29) is 0 Å². The van der Waals surface area contributed by atoms with Crippen LogP contribution in [0.5, 0.6) is 0 Å². The molecule has 0 saturated carbocycles. The minimum atomic E-state index is 1.15. The highest BCUT2D eigenvalue weighted by atomic mass is 15.2. The van der Waals surface area contributed by atoms with Gasteiger partial charge < -0.3 is 0 Å². The zero-order chi connectivity index (χ0) is 22.4. The van der Waals surface area contributed by atoms with Gasteiger partial charge in [0.2, 0.25) is 0 Å². The zero-order valence-corrected chi connectivity index (χ0v) is 19.3. The molecule has 3 heteroatoms. The minimum Gasteiger partial charge on any atom is -0.264 e. The van der Waals surface area contributed by atoms with Crippen molar-refractivity contribution >= 4 is 11.0 Å². The van der Waals surface area contributed by atoms with Gasteiger partial charge in [-0.15, -0.1) is 0 Å². The van der Waals surface area contributed by atoms with Gasteiger partial charge in [0, 0.05) is 18.0 Å². The van der Waals surface area contributed by atoms with Crippen LogP contribution in [0.2, 0.25) is 0 Å². The molecule has 0 aliphatic heterocycles. The standard InChI is InChI=1S/C29H28N3/c1-19-14-15-30-18-25(19)29-31(5)26-13-9-10-20(2)28(26)32(29)27-21(3)16-24(17-22(27)4)23-11-7-6-8-12-23/h6-18H,1-5H3/q+1. The lowest BCUT2D eigenvalue weighted by atomic mass is 9.98. The number of aromatic nitrogens is 3. The molecule has 0 saturated heterocycles. The summed E-state index contributed by atoms with van der Waals surface area (Å²) in [7, 11) is 2.16. The summed E-state index contributed by atoms with van der Waals surface area (Å²) in [5.41, 5.74) is 12.3. The molecular weight excluding hydrogens is 390 g/mol. The highest BCUT2D eigenvalue weighted by Gasteiger charge is 2.30. The van der Waals surface area contributed by atoms with Gasteiger partial charge in [-0.05, 0) is 79.8 Å². The molecule has 0 aliphatic rings. The topological polar surface area (TPSA) is 21.7 Å². The summed E-state index contributed by atoms with van der Waals surface area (Å²) >= 11 is 0. The second-order valence-corrected chi connectivity index (χ2v) is 8.68. The monoisotopic (exact) mass is 418 g/mol. The lowest BCUT2D eigenvalue weighted by molar-refractivity contribution is -0.557. The minimum absolute atomic E-state index is 1.15. The fourth-order valence-corrected chi connectivity index (χ4v) is 4.90. The summed E-state index contributed by atoms with van der Waals surface area (Å²) in [6.07, 6.45) is 3.85. The lowest BCUT2D eigenvalue weighted by Gasteiger charge is -2.13. The van der Waals surface area contributed by atoms with Crippen molar-refractivity contribution in [2.45, 2.75) is 27.7 Å². The molecule has 2 heterocycles. The van der Waals surface area contributed by atoms with E-state index < -0.39 is 0 Å². The number of rotatable bonds is 3. The van der Waals surface area contributed by atoms with E-state index in [1.807, 2.05) is 12.4 Å². The Bertz CT molecular complexity index is 1440. The first kappa shape index (κ1) is 20.2. The average molecular weight is 419 g/mol. The summed E-state index contributed by atoms with van der Waals surface area (Å²) in [4.78, 5) is 4.46. The molecule has 0 amide bonds. The summed E-state index contributed by atoms with van der Waals surface area (Å²) in [6, 6.07) is 23.8. The van der Waals surface area contributed by atoms with Crippen molar-refractivity contribution in [1.82, 2.24) is 9.55 Å². The molecule has 3 nitrogen and oxygen atoms in total. The fraction of sp³-hybridized carbons (Fsp3) is 0.172. The third-order valence-corrected chi connectivity index (χ3v) is 6.43. The first-order valence-corrected chi connectivity index (χ1v) is 11.1. The first-order valence-electron chi connectivity index (χ1n) is 11.1.